The first-order valence-corrected chi connectivity index (χ1v) is 10.6. The lowest BCUT2D eigenvalue weighted by Gasteiger charge is -2.50. The van der Waals surface area contributed by atoms with Crippen LogP contribution in [-0.4, -0.2) is 34.7 Å². The molecule has 5 heteroatoms. The molecule has 2 heterocycles. The Balaban J connectivity index is 1.50. The summed E-state index contributed by atoms with van der Waals surface area (Å²) in [5.41, 5.74) is 0.725. The molecule has 0 N–H and O–H groups in total. The molecule has 4 nitrogen and oxygen atoms in total. The normalized spacial score (nSPS) is 27.1. The predicted molar refractivity (Wildman–Crippen MR) is 104 cm³/mol. The molecular weight excluding hydrogens is 344 g/mol. The number of thiazole rings is 1. The van der Waals surface area contributed by atoms with E-state index in [-0.39, 0.29) is 23.3 Å². The van der Waals surface area contributed by atoms with E-state index in [1.165, 1.54) is 4.70 Å². The summed E-state index contributed by atoms with van der Waals surface area (Å²) in [4.78, 5) is 31.7. The molecule has 0 bridgehead atoms. The Kier molecular flexibility index (Phi) is 4.82. The highest BCUT2D eigenvalue weighted by molar-refractivity contribution is 7.18. The second kappa shape index (κ2) is 7.10. The van der Waals surface area contributed by atoms with Crippen LogP contribution in [0.5, 0.6) is 0 Å². The number of aromatic nitrogens is 1. The first kappa shape index (κ1) is 17.7. The molecular formula is C21H26N2O2S. The minimum Gasteiger partial charge on any atom is -0.339 e. The van der Waals surface area contributed by atoms with E-state index in [9.17, 15) is 9.59 Å². The van der Waals surface area contributed by atoms with Gasteiger partial charge in [-0.3, -0.25) is 4.79 Å². The zero-order valence-corrected chi connectivity index (χ0v) is 16.1. The zero-order valence-electron chi connectivity index (χ0n) is 15.3. The van der Waals surface area contributed by atoms with Crippen molar-refractivity contribution in [2.75, 3.05) is 6.54 Å². The van der Waals surface area contributed by atoms with Crippen molar-refractivity contribution in [1.29, 1.82) is 0 Å². The van der Waals surface area contributed by atoms with E-state index in [1.54, 1.807) is 11.3 Å². The van der Waals surface area contributed by atoms with Gasteiger partial charge in [0.25, 0.3) is 0 Å². The maximum Gasteiger partial charge on any atom is 0.223 e. The van der Waals surface area contributed by atoms with Gasteiger partial charge in [0.1, 0.15) is 6.29 Å². The van der Waals surface area contributed by atoms with E-state index < -0.39 is 0 Å². The summed E-state index contributed by atoms with van der Waals surface area (Å²) in [6.45, 7) is 2.89. The minimum atomic E-state index is -0.286. The number of likely N-dealkylation sites (tertiary alicyclic amines) is 1. The first-order chi connectivity index (χ1) is 12.6. The fourth-order valence-electron chi connectivity index (χ4n) is 4.80. The number of para-hydroxylation sites is 1. The smallest absolute Gasteiger partial charge is 0.223 e. The molecule has 1 aromatic carbocycles. The van der Waals surface area contributed by atoms with Crippen LogP contribution in [0.1, 0.15) is 62.8 Å². The average Bonchev–Trinajstić information content (AvgIpc) is 3.11. The zero-order chi connectivity index (χ0) is 18.1. The Morgan fingerprint density at radius 3 is 2.96 bits per heavy atom. The largest absolute Gasteiger partial charge is 0.339 e. The summed E-state index contributed by atoms with van der Waals surface area (Å²) in [5, 5.41) is 1.03. The SMILES string of the molecule is CC(CC(=O)N1CCCC2(C=O)CCCCC12)c1nc2ccccc2s1. The summed E-state index contributed by atoms with van der Waals surface area (Å²) >= 11 is 1.68. The van der Waals surface area contributed by atoms with E-state index in [4.69, 9.17) is 4.98 Å². The van der Waals surface area contributed by atoms with Crippen LogP contribution in [-0.2, 0) is 9.59 Å². The number of carbonyl (C=O) groups is 2. The van der Waals surface area contributed by atoms with Crippen LogP contribution in [0, 0.1) is 5.41 Å². The molecule has 1 aliphatic heterocycles. The number of piperidine rings is 1. The molecule has 0 spiro atoms. The Morgan fingerprint density at radius 1 is 1.35 bits per heavy atom. The Bertz CT molecular complexity index is 780. The highest BCUT2D eigenvalue weighted by atomic mass is 32.1. The van der Waals surface area contributed by atoms with Crippen LogP contribution in [0.25, 0.3) is 10.2 Å². The van der Waals surface area contributed by atoms with Crippen molar-refractivity contribution in [2.45, 2.75) is 63.8 Å². The molecule has 1 aromatic heterocycles. The van der Waals surface area contributed by atoms with Gasteiger partial charge in [0.05, 0.1) is 15.2 Å². The predicted octanol–water partition coefficient (Wildman–Crippen LogP) is 4.54. The fraction of sp³-hybridized carbons (Fsp3) is 0.571. The summed E-state index contributed by atoms with van der Waals surface area (Å²) in [5.74, 6) is 0.297. The summed E-state index contributed by atoms with van der Waals surface area (Å²) in [6, 6.07) is 8.23. The van der Waals surface area contributed by atoms with Crippen molar-refractivity contribution in [2.24, 2.45) is 5.41 Å². The molecule has 2 aromatic rings. The van der Waals surface area contributed by atoms with Crippen LogP contribution in [0.15, 0.2) is 24.3 Å². The van der Waals surface area contributed by atoms with Crippen LogP contribution < -0.4 is 0 Å². The van der Waals surface area contributed by atoms with Gasteiger partial charge in [0.2, 0.25) is 5.91 Å². The van der Waals surface area contributed by atoms with Crippen molar-refractivity contribution >= 4 is 33.7 Å². The van der Waals surface area contributed by atoms with E-state index in [0.29, 0.717) is 6.42 Å². The van der Waals surface area contributed by atoms with Gasteiger partial charge < -0.3 is 9.69 Å². The molecule has 2 aliphatic rings. The lowest BCUT2D eigenvalue weighted by atomic mass is 9.66. The minimum absolute atomic E-state index is 0.107. The van der Waals surface area contributed by atoms with E-state index in [2.05, 4.69) is 13.0 Å². The van der Waals surface area contributed by atoms with Gasteiger partial charge in [-0.2, -0.15) is 0 Å². The van der Waals surface area contributed by atoms with Crippen LogP contribution in [0.2, 0.25) is 0 Å². The number of aldehydes is 1. The lowest BCUT2D eigenvalue weighted by molar-refractivity contribution is -0.145. The lowest BCUT2D eigenvalue weighted by Crippen LogP contribution is -2.56. The quantitative estimate of drug-likeness (QED) is 0.743. The highest BCUT2D eigenvalue weighted by Gasteiger charge is 2.47. The number of hydrogen-bond donors (Lipinski definition) is 0. The number of rotatable bonds is 4. The van der Waals surface area contributed by atoms with E-state index in [0.717, 1.165) is 61.9 Å². The second-order valence-electron chi connectivity index (χ2n) is 7.93. The Labute approximate surface area is 158 Å². The Hall–Kier alpha value is -1.75. The van der Waals surface area contributed by atoms with Gasteiger partial charge >= 0.3 is 0 Å². The monoisotopic (exact) mass is 370 g/mol. The molecule has 1 saturated carbocycles. The van der Waals surface area contributed by atoms with Gasteiger partial charge in [0.15, 0.2) is 0 Å². The van der Waals surface area contributed by atoms with Crippen LogP contribution >= 0.6 is 11.3 Å². The number of carbonyl (C=O) groups excluding carboxylic acids is 2. The number of hydrogen-bond acceptors (Lipinski definition) is 4. The van der Waals surface area contributed by atoms with Crippen molar-refractivity contribution in [1.82, 2.24) is 9.88 Å². The average molecular weight is 371 g/mol. The van der Waals surface area contributed by atoms with Crippen LogP contribution in [0.3, 0.4) is 0 Å². The summed E-state index contributed by atoms with van der Waals surface area (Å²) < 4.78 is 1.17. The first-order valence-electron chi connectivity index (χ1n) is 9.74. The molecule has 1 amide bonds. The van der Waals surface area contributed by atoms with Gasteiger partial charge in [-0.15, -0.1) is 11.3 Å². The van der Waals surface area contributed by atoms with E-state index >= 15 is 0 Å². The van der Waals surface area contributed by atoms with E-state index in [1.807, 2.05) is 23.1 Å². The third-order valence-electron chi connectivity index (χ3n) is 6.22. The summed E-state index contributed by atoms with van der Waals surface area (Å²) in [7, 11) is 0. The molecule has 26 heavy (non-hydrogen) atoms. The molecule has 3 unspecified atom stereocenters. The molecule has 4 rings (SSSR count). The highest BCUT2D eigenvalue weighted by Crippen LogP contribution is 2.45. The van der Waals surface area contributed by atoms with Crippen molar-refractivity contribution in [3.8, 4) is 0 Å². The molecule has 138 valence electrons. The van der Waals surface area contributed by atoms with Gasteiger partial charge in [0, 0.05) is 30.3 Å². The third-order valence-corrected chi connectivity index (χ3v) is 7.49. The number of amides is 1. The maximum atomic E-state index is 13.1. The maximum absolute atomic E-state index is 13.1. The second-order valence-corrected chi connectivity index (χ2v) is 8.99. The molecule has 1 aliphatic carbocycles. The fourth-order valence-corrected chi connectivity index (χ4v) is 5.82. The topological polar surface area (TPSA) is 50.3 Å². The summed E-state index contributed by atoms with van der Waals surface area (Å²) in [6.07, 6.45) is 7.67. The van der Waals surface area contributed by atoms with Crippen molar-refractivity contribution < 1.29 is 9.59 Å². The van der Waals surface area contributed by atoms with Gasteiger partial charge in [-0.05, 0) is 37.8 Å². The molecule has 1 saturated heterocycles. The van der Waals surface area contributed by atoms with Gasteiger partial charge in [-0.25, -0.2) is 4.98 Å². The van der Waals surface area contributed by atoms with Crippen molar-refractivity contribution in [3.63, 3.8) is 0 Å². The number of benzene rings is 1. The molecule has 0 radical (unpaired) electrons. The number of fused-ring (bicyclic) bond motifs is 2. The van der Waals surface area contributed by atoms with Crippen LogP contribution in [0.4, 0.5) is 0 Å². The molecule has 2 fully saturated rings. The standard InChI is InChI=1S/C21H26N2O2S/c1-15(20-22-16-7-2-3-8-17(16)26-20)13-19(25)23-12-6-11-21(14-24)10-5-4-9-18(21)23/h2-3,7-8,14-15,18H,4-6,9-13H2,1H3. The van der Waals surface area contributed by atoms with Crippen molar-refractivity contribution in [3.05, 3.63) is 29.3 Å². The van der Waals surface area contributed by atoms with Gasteiger partial charge in [-0.1, -0.05) is 31.9 Å². The molecule has 3 atom stereocenters. The Morgan fingerprint density at radius 2 is 2.15 bits per heavy atom. The number of nitrogens with zero attached hydrogens (tertiary/aromatic N) is 2. The third kappa shape index (κ3) is 3.07.